The number of hydrogen-bond donors (Lipinski definition) is 5. The summed E-state index contributed by atoms with van der Waals surface area (Å²) in [5, 5.41) is 10.9. The van der Waals surface area contributed by atoms with Crippen LogP contribution < -0.4 is 21.7 Å². The summed E-state index contributed by atoms with van der Waals surface area (Å²) in [6, 6.07) is 0. The van der Waals surface area contributed by atoms with Gasteiger partial charge in [-0.3, -0.25) is 5.41 Å². The van der Waals surface area contributed by atoms with Crippen LogP contribution in [0.3, 0.4) is 0 Å². The van der Waals surface area contributed by atoms with Crippen LogP contribution >= 0.6 is 0 Å². The van der Waals surface area contributed by atoms with E-state index in [0.717, 1.165) is 0 Å². The lowest BCUT2D eigenvalue weighted by Crippen LogP contribution is -2.87. The summed E-state index contributed by atoms with van der Waals surface area (Å²) in [5.74, 6) is 0.295. The highest BCUT2D eigenvalue weighted by Crippen LogP contribution is 2.13. The SMILES string of the molecule is CC1(C)NN(C(=N)N2NC(C)(C)N2)N1. The first-order chi connectivity index (χ1) is 6.29. The topological polar surface area (TPSA) is 78.5 Å². The Morgan fingerprint density at radius 2 is 1.14 bits per heavy atom. The Morgan fingerprint density at radius 1 is 0.857 bits per heavy atom. The van der Waals surface area contributed by atoms with Gasteiger partial charge in [-0.1, -0.05) is 0 Å². The van der Waals surface area contributed by atoms with Crippen molar-refractivity contribution in [3.63, 3.8) is 0 Å². The van der Waals surface area contributed by atoms with Crippen LogP contribution in [0.2, 0.25) is 0 Å². The third-order valence-corrected chi connectivity index (χ3v) is 1.99. The fourth-order valence-electron chi connectivity index (χ4n) is 1.43. The second-order valence-electron chi connectivity index (χ2n) is 4.69. The summed E-state index contributed by atoms with van der Waals surface area (Å²) in [6.45, 7) is 7.99. The maximum Gasteiger partial charge on any atom is 0.254 e. The molecule has 80 valence electrons. The summed E-state index contributed by atoms with van der Waals surface area (Å²) < 4.78 is 0. The third-order valence-electron chi connectivity index (χ3n) is 1.99. The normalized spacial score (nSPS) is 28.0. The van der Waals surface area contributed by atoms with Crippen LogP contribution in [0.1, 0.15) is 27.7 Å². The maximum absolute atomic E-state index is 7.76. The van der Waals surface area contributed by atoms with E-state index in [1.165, 1.54) is 0 Å². The Kier molecular flexibility index (Phi) is 1.77. The smallest absolute Gasteiger partial charge is 0.254 e. The van der Waals surface area contributed by atoms with Gasteiger partial charge in [-0.15, -0.1) is 0 Å². The molecule has 0 atom stereocenters. The van der Waals surface area contributed by atoms with E-state index in [2.05, 4.69) is 21.7 Å². The van der Waals surface area contributed by atoms with Gasteiger partial charge in [0.25, 0.3) is 5.96 Å². The van der Waals surface area contributed by atoms with E-state index in [9.17, 15) is 0 Å². The molecule has 0 spiro atoms. The molecule has 0 radical (unpaired) electrons. The lowest BCUT2D eigenvalue weighted by molar-refractivity contribution is -0.101. The molecule has 2 rings (SSSR count). The molecule has 2 aliphatic heterocycles. The van der Waals surface area contributed by atoms with Gasteiger partial charge in [0.15, 0.2) is 0 Å². The molecule has 0 unspecified atom stereocenters. The molecule has 0 saturated carbocycles. The van der Waals surface area contributed by atoms with Gasteiger partial charge in [0.2, 0.25) is 0 Å². The summed E-state index contributed by atoms with van der Waals surface area (Å²) in [7, 11) is 0. The fourth-order valence-corrected chi connectivity index (χ4v) is 1.43. The maximum atomic E-state index is 7.76. The van der Waals surface area contributed by atoms with E-state index in [0.29, 0.717) is 5.96 Å². The van der Waals surface area contributed by atoms with Gasteiger partial charge in [0.05, 0.1) is 0 Å². The molecule has 5 N–H and O–H groups in total. The highest BCUT2D eigenvalue weighted by molar-refractivity contribution is 5.76. The van der Waals surface area contributed by atoms with Crippen molar-refractivity contribution in [3.8, 4) is 0 Å². The van der Waals surface area contributed by atoms with Gasteiger partial charge in [-0.05, 0) is 27.7 Å². The molecule has 0 aromatic heterocycles. The standard InChI is InChI=1S/C7H17N7/c1-6(2)9-13(10-6)5(8)14-11-7(3,4)12-14/h8-12H,1-4H3. The molecule has 7 heteroatoms. The molecule has 2 heterocycles. The molecule has 2 aliphatic rings. The molecule has 0 amide bonds. The van der Waals surface area contributed by atoms with Crippen molar-refractivity contribution in [1.82, 2.24) is 31.9 Å². The summed E-state index contributed by atoms with van der Waals surface area (Å²) in [4.78, 5) is 0. The number of guanidine groups is 1. The van der Waals surface area contributed by atoms with Gasteiger partial charge in [-0.25, -0.2) is 10.2 Å². The Bertz CT molecular complexity index is 229. The molecule has 0 aromatic rings. The van der Waals surface area contributed by atoms with Crippen molar-refractivity contribution in [1.29, 1.82) is 5.41 Å². The van der Waals surface area contributed by atoms with Gasteiger partial charge in [0, 0.05) is 0 Å². The Labute approximate surface area is 83.2 Å². The van der Waals surface area contributed by atoms with Crippen LogP contribution in [0.15, 0.2) is 0 Å². The van der Waals surface area contributed by atoms with Crippen molar-refractivity contribution in [2.45, 2.75) is 39.0 Å². The number of nitrogens with one attached hydrogen (secondary N) is 5. The number of rotatable bonds is 0. The van der Waals surface area contributed by atoms with Crippen molar-refractivity contribution in [3.05, 3.63) is 0 Å². The van der Waals surface area contributed by atoms with Gasteiger partial charge in [-0.2, -0.15) is 21.7 Å². The van der Waals surface area contributed by atoms with Crippen molar-refractivity contribution < 1.29 is 0 Å². The first-order valence-electron chi connectivity index (χ1n) is 4.59. The van der Waals surface area contributed by atoms with Gasteiger partial charge >= 0.3 is 0 Å². The molecule has 0 aromatic carbocycles. The third kappa shape index (κ3) is 1.55. The zero-order valence-electron chi connectivity index (χ0n) is 8.89. The van der Waals surface area contributed by atoms with Gasteiger partial charge < -0.3 is 0 Å². The lowest BCUT2D eigenvalue weighted by Gasteiger charge is -2.55. The van der Waals surface area contributed by atoms with Gasteiger partial charge in [0.1, 0.15) is 11.3 Å². The van der Waals surface area contributed by atoms with Crippen LogP contribution in [-0.4, -0.2) is 27.5 Å². The fraction of sp³-hybridized carbons (Fsp3) is 0.857. The number of hydrazine groups is 4. The van der Waals surface area contributed by atoms with Crippen molar-refractivity contribution >= 4 is 5.96 Å². The predicted octanol–water partition coefficient (Wildman–Crippen LogP) is -0.957. The van der Waals surface area contributed by atoms with E-state index < -0.39 is 0 Å². The molecule has 7 nitrogen and oxygen atoms in total. The van der Waals surface area contributed by atoms with Crippen LogP contribution in [0.4, 0.5) is 0 Å². The Morgan fingerprint density at radius 3 is 1.36 bits per heavy atom. The van der Waals surface area contributed by atoms with Crippen LogP contribution in [-0.2, 0) is 0 Å². The second-order valence-corrected chi connectivity index (χ2v) is 4.69. The molecular weight excluding hydrogens is 182 g/mol. The van der Waals surface area contributed by atoms with Crippen LogP contribution in [0.5, 0.6) is 0 Å². The minimum absolute atomic E-state index is 0.132. The first kappa shape index (κ1) is 9.66. The molecule has 14 heavy (non-hydrogen) atoms. The molecule has 0 aliphatic carbocycles. The lowest BCUT2D eigenvalue weighted by atomic mass is 10.2. The van der Waals surface area contributed by atoms with E-state index >= 15 is 0 Å². The minimum atomic E-state index is -0.132. The second kappa shape index (κ2) is 2.57. The molecule has 0 bridgehead atoms. The minimum Gasteiger partial charge on any atom is -0.264 e. The molecule has 2 fully saturated rings. The number of hydrogen-bond acceptors (Lipinski definition) is 5. The average Bonchev–Trinajstić information content (AvgIpc) is 1.93. The first-order valence-corrected chi connectivity index (χ1v) is 4.59. The average molecular weight is 199 g/mol. The van der Waals surface area contributed by atoms with E-state index in [-0.39, 0.29) is 11.3 Å². The summed E-state index contributed by atoms with van der Waals surface area (Å²) in [6.07, 6.45) is 0. The monoisotopic (exact) mass is 199 g/mol. The zero-order valence-corrected chi connectivity index (χ0v) is 8.89. The van der Waals surface area contributed by atoms with Crippen LogP contribution in [0, 0.1) is 5.41 Å². The summed E-state index contributed by atoms with van der Waals surface area (Å²) in [5.41, 5.74) is 12.0. The highest BCUT2D eigenvalue weighted by atomic mass is 16.0. The molecular formula is C7H17N7. The van der Waals surface area contributed by atoms with E-state index in [4.69, 9.17) is 5.41 Å². The molecule has 2 saturated heterocycles. The largest absolute Gasteiger partial charge is 0.264 e. The highest BCUT2D eigenvalue weighted by Gasteiger charge is 2.42. The Balaban J connectivity index is 1.82. The zero-order chi connectivity index (χ0) is 10.6. The van der Waals surface area contributed by atoms with Crippen LogP contribution in [0.25, 0.3) is 0 Å². The van der Waals surface area contributed by atoms with E-state index in [1.54, 1.807) is 10.2 Å². The van der Waals surface area contributed by atoms with E-state index in [1.807, 2.05) is 27.7 Å². The quantitative estimate of drug-likeness (QED) is 0.255. The Hall–Kier alpha value is -0.890. The predicted molar refractivity (Wildman–Crippen MR) is 52.1 cm³/mol. The summed E-state index contributed by atoms with van der Waals surface area (Å²) >= 11 is 0. The number of nitrogens with zero attached hydrogens (tertiary/aromatic N) is 2. The van der Waals surface area contributed by atoms with Crippen molar-refractivity contribution in [2.75, 3.05) is 0 Å². The van der Waals surface area contributed by atoms with Crippen molar-refractivity contribution in [2.24, 2.45) is 0 Å².